The van der Waals surface area contributed by atoms with E-state index < -0.39 is 0 Å². The molecule has 0 aliphatic heterocycles. The highest BCUT2D eigenvalue weighted by atomic mass is 16.7. The van der Waals surface area contributed by atoms with Crippen molar-refractivity contribution in [2.45, 2.75) is 113 Å². The van der Waals surface area contributed by atoms with E-state index in [0.29, 0.717) is 30.5 Å². The van der Waals surface area contributed by atoms with Crippen LogP contribution in [0.1, 0.15) is 101 Å². The minimum absolute atomic E-state index is 0.0963. The van der Waals surface area contributed by atoms with Crippen molar-refractivity contribution in [3.05, 3.63) is 72.9 Å². The average Bonchev–Trinajstić information content (AvgIpc) is 2.85. The first-order valence-corrected chi connectivity index (χ1v) is 13.8. The third-order valence-corrected chi connectivity index (χ3v) is 5.73. The van der Waals surface area contributed by atoms with Gasteiger partial charge in [-0.25, -0.2) is 0 Å². The lowest BCUT2D eigenvalue weighted by Crippen LogP contribution is -2.27. The van der Waals surface area contributed by atoms with Crippen LogP contribution in [0, 0.1) is 17.8 Å². The number of hydrogen-bond acceptors (Lipinski definition) is 2. The zero-order chi connectivity index (χ0) is 26.9. The fraction of sp³-hybridized carbons (Fsp3) is 0.636. The Kier molecular flexibility index (Phi) is 25.8. The summed E-state index contributed by atoms with van der Waals surface area (Å²) in [6.07, 6.45) is 28.2. The summed E-state index contributed by atoms with van der Waals surface area (Å²) in [5.41, 5.74) is 1.27. The largest absolute Gasteiger partial charge is 0.349 e. The Bertz CT molecular complexity index is 595. The van der Waals surface area contributed by atoms with Crippen molar-refractivity contribution in [1.29, 1.82) is 0 Å². The van der Waals surface area contributed by atoms with Gasteiger partial charge in [0, 0.05) is 12.3 Å². The van der Waals surface area contributed by atoms with Crippen LogP contribution in [0.2, 0.25) is 0 Å². The highest BCUT2D eigenvalue weighted by Gasteiger charge is 2.20. The van der Waals surface area contributed by atoms with Crippen LogP contribution in [0.5, 0.6) is 0 Å². The van der Waals surface area contributed by atoms with E-state index in [1.54, 1.807) is 0 Å². The van der Waals surface area contributed by atoms with Gasteiger partial charge in [0.05, 0.1) is 12.7 Å². The zero-order valence-electron chi connectivity index (χ0n) is 24.6. The average molecular weight is 487 g/mol. The molecule has 0 heterocycles. The van der Waals surface area contributed by atoms with Crippen molar-refractivity contribution in [3.8, 4) is 0 Å². The standard InChI is InChI=1S/C25H42O2.2C4H8/c1-7-13-22(24(14-8-2)21(5)6)15-12-18-26-25(19-20(3)4)27-23-16-10-9-11-17-23;2*1-3-4-2/h7-8,12-15,20-21,23-25H,1,9-11,16-19H2,2-6H3;2*3-4H,1-2H3/b14-8-,15-12-,22-13+;2*4-3-. The van der Waals surface area contributed by atoms with E-state index in [-0.39, 0.29) is 6.29 Å². The van der Waals surface area contributed by atoms with Gasteiger partial charge in [0.15, 0.2) is 6.29 Å². The van der Waals surface area contributed by atoms with Gasteiger partial charge in [0.1, 0.15) is 0 Å². The van der Waals surface area contributed by atoms with Gasteiger partial charge >= 0.3 is 0 Å². The van der Waals surface area contributed by atoms with Gasteiger partial charge in [-0.3, -0.25) is 0 Å². The molecule has 0 radical (unpaired) electrons. The number of allylic oxidation sites excluding steroid dienone is 10. The maximum atomic E-state index is 6.28. The van der Waals surface area contributed by atoms with E-state index in [4.69, 9.17) is 9.47 Å². The maximum absolute atomic E-state index is 6.28. The zero-order valence-corrected chi connectivity index (χ0v) is 24.6. The molecule has 0 spiro atoms. The molecule has 0 aromatic heterocycles. The molecule has 35 heavy (non-hydrogen) atoms. The molecule has 202 valence electrons. The van der Waals surface area contributed by atoms with Gasteiger partial charge in [0.2, 0.25) is 0 Å². The molecule has 1 saturated carbocycles. The molecular weight excluding hydrogens is 428 g/mol. The minimum atomic E-state index is -0.0963. The number of rotatable bonds is 12. The molecule has 0 aromatic rings. The van der Waals surface area contributed by atoms with Crippen LogP contribution in [-0.2, 0) is 9.47 Å². The van der Waals surface area contributed by atoms with Gasteiger partial charge in [0.25, 0.3) is 0 Å². The maximum Gasteiger partial charge on any atom is 0.158 e. The summed E-state index contributed by atoms with van der Waals surface area (Å²) >= 11 is 0. The van der Waals surface area contributed by atoms with Crippen LogP contribution >= 0.6 is 0 Å². The van der Waals surface area contributed by atoms with Gasteiger partial charge in [-0.05, 0) is 64.9 Å². The number of hydrogen-bond donors (Lipinski definition) is 0. The monoisotopic (exact) mass is 486 g/mol. The second kappa shape index (κ2) is 25.5. The van der Waals surface area contributed by atoms with Crippen molar-refractivity contribution in [1.82, 2.24) is 0 Å². The van der Waals surface area contributed by atoms with E-state index in [0.717, 1.165) is 6.42 Å². The second-order valence-electron chi connectivity index (χ2n) is 9.72. The van der Waals surface area contributed by atoms with Gasteiger partial charge in [-0.1, -0.05) is 114 Å². The van der Waals surface area contributed by atoms with E-state index in [9.17, 15) is 0 Å². The van der Waals surface area contributed by atoms with Gasteiger partial charge < -0.3 is 9.47 Å². The van der Waals surface area contributed by atoms with Crippen molar-refractivity contribution in [3.63, 3.8) is 0 Å². The Morgan fingerprint density at radius 2 is 1.43 bits per heavy atom. The molecule has 1 aliphatic rings. The quantitative estimate of drug-likeness (QED) is 0.155. The Balaban J connectivity index is 0. The lowest BCUT2D eigenvalue weighted by molar-refractivity contribution is -0.177. The van der Waals surface area contributed by atoms with Crippen LogP contribution in [0.15, 0.2) is 72.9 Å². The fourth-order valence-corrected chi connectivity index (χ4v) is 3.65. The molecule has 0 amide bonds. The summed E-state index contributed by atoms with van der Waals surface area (Å²) in [6, 6.07) is 0. The lowest BCUT2D eigenvalue weighted by Gasteiger charge is -2.28. The number of ether oxygens (including phenoxy) is 2. The predicted molar refractivity (Wildman–Crippen MR) is 159 cm³/mol. The van der Waals surface area contributed by atoms with E-state index in [1.165, 1.54) is 37.7 Å². The molecule has 2 nitrogen and oxygen atoms in total. The molecule has 1 aliphatic carbocycles. The van der Waals surface area contributed by atoms with Gasteiger partial charge in [-0.15, -0.1) is 0 Å². The van der Waals surface area contributed by atoms with Crippen molar-refractivity contribution >= 4 is 0 Å². The molecule has 0 bridgehead atoms. The summed E-state index contributed by atoms with van der Waals surface area (Å²) in [5.74, 6) is 1.51. The van der Waals surface area contributed by atoms with Crippen LogP contribution in [-0.4, -0.2) is 19.0 Å². The molecule has 2 heteroatoms. The summed E-state index contributed by atoms with van der Waals surface area (Å²) in [5, 5.41) is 0. The first-order chi connectivity index (χ1) is 16.8. The fourth-order valence-electron chi connectivity index (χ4n) is 3.65. The Morgan fingerprint density at radius 1 is 0.857 bits per heavy atom. The Morgan fingerprint density at radius 3 is 1.86 bits per heavy atom. The SMILES string of the molecule is C/C=C\C.C/C=C\C.C=C/C=C(\C=C/COC(CC(C)C)OC1CCCCC1)C(/C=C\C)C(C)C. The van der Waals surface area contributed by atoms with E-state index in [1.807, 2.05) is 58.1 Å². The summed E-state index contributed by atoms with van der Waals surface area (Å²) in [6.45, 7) is 23.5. The normalized spacial score (nSPS) is 17.2. The molecule has 1 rings (SSSR count). The third kappa shape index (κ3) is 21.4. The predicted octanol–water partition coefficient (Wildman–Crippen LogP) is 10.4. The second-order valence-corrected chi connectivity index (χ2v) is 9.72. The summed E-state index contributed by atoms with van der Waals surface area (Å²) < 4.78 is 12.4. The smallest absolute Gasteiger partial charge is 0.158 e. The van der Waals surface area contributed by atoms with Crippen LogP contribution < -0.4 is 0 Å². The Labute approximate surface area is 220 Å². The van der Waals surface area contributed by atoms with Crippen LogP contribution in [0.4, 0.5) is 0 Å². The highest BCUT2D eigenvalue weighted by Crippen LogP contribution is 2.25. The first-order valence-electron chi connectivity index (χ1n) is 13.8. The topological polar surface area (TPSA) is 18.5 Å². The van der Waals surface area contributed by atoms with Gasteiger partial charge in [-0.2, -0.15) is 0 Å². The van der Waals surface area contributed by atoms with Crippen molar-refractivity contribution in [2.75, 3.05) is 6.61 Å². The summed E-state index contributed by atoms with van der Waals surface area (Å²) in [4.78, 5) is 0. The molecular formula is C33H58O2. The molecule has 0 N–H and O–H groups in total. The van der Waals surface area contributed by atoms with Crippen LogP contribution in [0.3, 0.4) is 0 Å². The van der Waals surface area contributed by atoms with E-state index >= 15 is 0 Å². The molecule has 0 saturated heterocycles. The third-order valence-electron chi connectivity index (χ3n) is 5.73. The molecule has 2 unspecified atom stereocenters. The lowest BCUT2D eigenvalue weighted by atomic mass is 9.87. The van der Waals surface area contributed by atoms with Crippen LogP contribution in [0.25, 0.3) is 0 Å². The highest BCUT2D eigenvalue weighted by molar-refractivity contribution is 5.29. The summed E-state index contributed by atoms with van der Waals surface area (Å²) in [7, 11) is 0. The molecule has 1 fully saturated rings. The van der Waals surface area contributed by atoms with E-state index in [2.05, 4.69) is 71.6 Å². The first kappa shape index (κ1) is 35.5. The Hall–Kier alpha value is -1.64. The van der Waals surface area contributed by atoms with Crippen molar-refractivity contribution in [2.24, 2.45) is 17.8 Å². The molecule has 0 aromatic carbocycles. The minimum Gasteiger partial charge on any atom is -0.349 e. The molecule has 2 atom stereocenters. The van der Waals surface area contributed by atoms with Crippen molar-refractivity contribution < 1.29 is 9.47 Å².